The number of pyridine rings is 1. The molecule has 27 heavy (non-hydrogen) atoms. The van der Waals surface area contributed by atoms with Crippen LogP contribution in [0.4, 0.5) is 10.1 Å². The number of hydrogen-bond donors (Lipinski definition) is 1. The number of halogens is 1. The normalized spacial score (nSPS) is 15.3. The first kappa shape index (κ1) is 16.7. The number of aromatic nitrogens is 1. The molecule has 2 aromatic carbocycles. The summed E-state index contributed by atoms with van der Waals surface area (Å²) in [5, 5.41) is 12.4. The van der Waals surface area contributed by atoms with Gasteiger partial charge in [0.2, 0.25) is 0 Å². The Morgan fingerprint density at radius 2 is 1.96 bits per heavy atom. The quantitative estimate of drug-likeness (QED) is 0.769. The molecule has 0 aliphatic carbocycles. The van der Waals surface area contributed by atoms with Crippen molar-refractivity contribution in [1.82, 2.24) is 9.88 Å². The molecule has 1 aromatic heterocycles. The number of benzene rings is 2. The highest BCUT2D eigenvalue weighted by Crippen LogP contribution is 2.34. The van der Waals surface area contributed by atoms with Crippen LogP contribution in [-0.2, 0) is 6.54 Å². The van der Waals surface area contributed by atoms with Gasteiger partial charge < -0.3 is 10.2 Å². The Morgan fingerprint density at radius 3 is 2.74 bits per heavy atom. The van der Waals surface area contributed by atoms with Gasteiger partial charge in [-0.25, -0.2) is 4.39 Å². The maximum Gasteiger partial charge on any atom is 0.258 e. The number of rotatable bonds is 4. The highest BCUT2D eigenvalue weighted by atomic mass is 19.1. The van der Waals surface area contributed by atoms with E-state index in [0.29, 0.717) is 23.4 Å². The lowest BCUT2D eigenvalue weighted by molar-refractivity contribution is 0.0728. The summed E-state index contributed by atoms with van der Waals surface area (Å²) in [6, 6.07) is 18.7. The first-order chi connectivity index (χ1) is 13.2. The van der Waals surface area contributed by atoms with E-state index in [1.807, 2.05) is 6.07 Å². The minimum atomic E-state index is -0.479. The third-order valence-corrected chi connectivity index (χ3v) is 4.46. The zero-order valence-corrected chi connectivity index (χ0v) is 14.3. The molecule has 3 aromatic rings. The van der Waals surface area contributed by atoms with Crippen LogP contribution < -0.4 is 5.32 Å². The molecule has 1 unspecified atom stereocenters. The van der Waals surface area contributed by atoms with E-state index in [0.717, 1.165) is 11.3 Å². The van der Waals surface area contributed by atoms with Crippen molar-refractivity contribution >= 4 is 11.6 Å². The van der Waals surface area contributed by atoms with Crippen molar-refractivity contribution in [3.63, 3.8) is 0 Å². The summed E-state index contributed by atoms with van der Waals surface area (Å²) in [5.74, 6) is -0.462. The highest BCUT2D eigenvalue weighted by molar-refractivity contribution is 5.98. The molecule has 1 aliphatic heterocycles. The molecule has 5 nitrogen and oxygen atoms in total. The molecule has 6 heteroatoms. The number of amides is 1. The van der Waals surface area contributed by atoms with Crippen LogP contribution in [0.25, 0.3) is 0 Å². The van der Waals surface area contributed by atoms with E-state index in [2.05, 4.69) is 16.4 Å². The molecule has 0 bridgehead atoms. The third-order valence-electron chi connectivity index (χ3n) is 4.46. The maximum atomic E-state index is 13.2. The van der Waals surface area contributed by atoms with Crippen molar-refractivity contribution in [3.8, 4) is 6.07 Å². The molecule has 2 heterocycles. The van der Waals surface area contributed by atoms with Crippen molar-refractivity contribution < 1.29 is 9.18 Å². The molecule has 4 rings (SSSR count). The summed E-state index contributed by atoms with van der Waals surface area (Å²) < 4.78 is 13.2. The fourth-order valence-corrected chi connectivity index (χ4v) is 3.17. The minimum absolute atomic E-state index is 0.142. The van der Waals surface area contributed by atoms with Crippen molar-refractivity contribution in [2.45, 2.75) is 12.7 Å². The van der Waals surface area contributed by atoms with Gasteiger partial charge in [-0.2, -0.15) is 5.26 Å². The molecule has 1 aliphatic rings. The lowest BCUT2D eigenvalue weighted by Gasteiger charge is -2.26. The van der Waals surface area contributed by atoms with Gasteiger partial charge >= 0.3 is 0 Å². The smallest absolute Gasteiger partial charge is 0.258 e. The van der Waals surface area contributed by atoms with Crippen LogP contribution in [0.5, 0.6) is 0 Å². The number of nitrogens with one attached hydrogen (secondary N) is 1. The fraction of sp³-hybridized carbons (Fsp3) is 0.0952. The number of fused-ring (bicyclic) bond motifs is 1. The van der Waals surface area contributed by atoms with E-state index >= 15 is 0 Å². The van der Waals surface area contributed by atoms with Crippen LogP contribution in [0.15, 0.2) is 66.9 Å². The minimum Gasteiger partial charge on any atom is -0.360 e. The predicted octanol–water partition coefficient (Wildman–Crippen LogP) is 3.86. The van der Waals surface area contributed by atoms with Crippen LogP contribution in [0.1, 0.15) is 33.3 Å². The summed E-state index contributed by atoms with van der Waals surface area (Å²) in [6.45, 7) is 0.311. The van der Waals surface area contributed by atoms with E-state index in [-0.39, 0.29) is 11.7 Å². The summed E-state index contributed by atoms with van der Waals surface area (Å²) >= 11 is 0. The van der Waals surface area contributed by atoms with E-state index in [4.69, 9.17) is 5.26 Å². The molecular weight excluding hydrogens is 343 g/mol. The zero-order valence-electron chi connectivity index (χ0n) is 14.3. The predicted molar refractivity (Wildman–Crippen MR) is 98.0 cm³/mol. The lowest BCUT2D eigenvalue weighted by Crippen LogP contribution is -2.32. The maximum absolute atomic E-state index is 13.2. The fourth-order valence-electron chi connectivity index (χ4n) is 3.17. The first-order valence-electron chi connectivity index (χ1n) is 8.43. The van der Waals surface area contributed by atoms with Crippen LogP contribution in [0.3, 0.4) is 0 Å². The van der Waals surface area contributed by atoms with Crippen LogP contribution >= 0.6 is 0 Å². The standard InChI is InChI=1S/C21H15FN4O/c22-16-8-6-14(7-9-16)13-26-20(19-18(21(26)27)5-2-10-24-19)25-17-4-1-3-15(11-17)12-23/h1-11,20,25H,13H2. The van der Waals surface area contributed by atoms with Gasteiger partial charge in [-0.05, 0) is 48.0 Å². The number of anilines is 1. The van der Waals surface area contributed by atoms with Gasteiger partial charge in [-0.1, -0.05) is 18.2 Å². The molecule has 0 radical (unpaired) electrons. The average Bonchev–Trinajstić information content (AvgIpc) is 2.96. The Morgan fingerprint density at radius 1 is 1.15 bits per heavy atom. The topological polar surface area (TPSA) is 69.0 Å². The second-order valence-electron chi connectivity index (χ2n) is 6.24. The van der Waals surface area contributed by atoms with Gasteiger partial charge in [0.25, 0.3) is 5.91 Å². The SMILES string of the molecule is N#Cc1cccc(NC2c3ncccc3C(=O)N2Cc2ccc(F)cc2)c1. The summed E-state index contributed by atoms with van der Waals surface area (Å²) in [4.78, 5) is 19.0. The number of nitriles is 1. The van der Waals surface area contributed by atoms with E-state index in [9.17, 15) is 9.18 Å². The zero-order chi connectivity index (χ0) is 18.8. The molecule has 1 amide bonds. The Balaban J connectivity index is 1.69. The Kier molecular flexibility index (Phi) is 4.27. The molecule has 0 fully saturated rings. The molecule has 0 saturated heterocycles. The second kappa shape index (κ2) is 6.89. The van der Waals surface area contributed by atoms with Gasteiger partial charge in [0.1, 0.15) is 12.0 Å². The Labute approximate surface area is 155 Å². The number of carbonyl (C=O) groups excluding carboxylic acids is 1. The summed E-state index contributed by atoms with van der Waals surface area (Å²) in [6.07, 6.45) is 1.17. The Bertz CT molecular complexity index is 1040. The van der Waals surface area contributed by atoms with Gasteiger partial charge in [0.05, 0.1) is 22.9 Å². The van der Waals surface area contributed by atoms with Crippen LogP contribution in [-0.4, -0.2) is 15.8 Å². The number of nitrogens with zero attached hydrogens (tertiary/aromatic N) is 3. The molecular formula is C21H15FN4O. The summed E-state index contributed by atoms with van der Waals surface area (Å²) in [7, 11) is 0. The molecule has 0 saturated carbocycles. The third kappa shape index (κ3) is 3.23. The average molecular weight is 358 g/mol. The van der Waals surface area contributed by atoms with Crippen molar-refractivity contribution in [3.05, 3.63) is 95.1 Å². The molecule has 1 N–H and O–H groups in total. The van der Waals surface area contributed by atoms with Crippen molar-refractivity contribution in [2.24, 2.45) is 0 Å². The monoisotopic (exact) mass is 358 g/mol. The van der Waals surface area contributed by atoms with Gasteiger partial charge in [-0.3, -0.25) is 9.78 Å². The van der Waals surface area contributed by atoms with Gasteiger partial charge in [0.15, 0.2) is 0 Å². The van der Waals surface area contributed by atoms with E-state index in [1.165, 1.54) is 12.1 Å². The summed E-state index contributed by atoms with van der Waals surface area (Å²) in [5.41, 5.74) is 3.22. The highest BCUT2D eigenvalue weighted by Gasteiger charge is 2.37. The van der Waals surface area contributed by atoms with Crippen molar-refractivity contribution in [1.29, 1.82) is 5.26 Å². The van der Waals surface area contributed by atoms with Gasteiger partial charge in [-0.15, -0.1) is 0 Å². The number of carbonyl (C=O) groups is 1. The Hall–Kier alpha value is -3.72. The molecule has 0 spiro atoms. The molecule has 1 atom stereocenters. The van der Waals surface area contributed by atoms with E-state index in [1.54, 1.807) is 53.6 Å². The van der Waals surface area contributed by atoms with Crippen LogP contribution in [0.2, 0.25) is 0 Å². The second-order valence-corrected chi connectivity index (χ2v) is 6.24. The van der Waals surface area contributed by atoms with Crippen molar-refractivity contribution in [2.75, 3.05) is 5.32 Å². The van der Waals surface area contributed by atoms with E-state index < -0.39 is 6.17 Å². The van der Waals surface area contributed by atoms with Crippen LogP contribution in [0, 0.1) is 17.1 Å². The largest absolute Gasteiger partial charge is 0.360 e. The lowest BCUT2D eigenvalue weighted by atomic mass is 10.2. The number of hydrogen-bond acceptors (Lipinski definition) is 4. The van der Waals surface area contributed by atoms with Gasteiger partial charge in [0, 0.05) is 18.4 Å². The first-order valence-corrected chi connectivity index (χ1v) is 8.43. The molecule has 132 valence electrons.